The molecule has 2 heterocycles. The summed E-state index contributed by atoms with van der Waals surface area (Å²) in [6.07, 6.45) is 5.73. The molecule has 3 fully saturated rings. The first-order valence-electron chi connectivity index (χ1n) is 11.6. The summed E-state index contributed by atoms with van der Waals surface area (Å²) in [5, 5.41) is 3.41. The number of ether oxygens (including phenoxy) is 1. The molecular weight excluding hydrogens is 509 g/mol. The zero-order chi connectivity index (χ0) is 21.6. The highest BCUT2D eigenvalue weighted by atomic mass is 127. The zero-order valence-electron chi connectivity index (χ0n) is 19.4. The third kappa shape index (κ3) is 6.46. The Hall–Kier alpha value is -1.10. The van der Waals surface area contributed by atoms with E-state index < -0.39 is 0 Å². The highest BCUT2D eigenvalue weighted by Gasteiger charge is 2.42. The molecule has 2 amide bonds. The molecule has 31 heavy (non-hydrogen) atoms. The molecule has 3 rings (SSSR count). The van der Waals surface area contributed by atoms with Crippen LogP contribution in [-0.4, -0.2) is 99.1 Å². The first-order valence-corrected chi connectivity index (χ1v) is 11.6. The van der Waals surface area contributed by atoms with Crippen molar-refractivity contribution in [2.24, 2.45) is 16.3 Å². The molecule has 0 bridgehead atoms. The van der Waals surface area contributed by atoms with Crippen molar-refractivity contribution in [2.45, 2.75) is 45.4 Å². The first kappa shape index (κ1) is 26.2. The monoisotopic (exact) mass is 549 g/mol. The largest absolute Gasteiger partial charge is 0.378 e. The number of halogens is 1. The van der Waals surface area contributed by atoms with Crippen molar-refractivity contribution in [1.29, 1.82) is 0 Å². The van der Waals surface area contributed by atoms with Crippen LogP contribution in [0.5, 0.6) is 0 Å². The summed E-state index contributed by atoms with van der Waals surface area (Å²) in [5.74, 6) is 1.46. The molecule has 9 heteroatoms. The number of morpholine rings is 1. The van der Waals surface area contributed by atoms with E-state index in [-0.39, 0.29) is 47.1 Å². The summed E-state index contributed by atoms with van der Waals surface area (Å²) >= 11 is 0. The molecule has 1 N–H and O–H groups in total. The Balaban J connectivity index is 0.00000341. The summed E-state index contributed by atoms with van der Waals surface area (Å²) in [6.45, 7) is 7.77. The van der Waals surface area contributed by atoms with E-state index in [1.165, 1.54) is 0 Å². The van der Waals surface area contributed by atoms with Crippen molar-refractivity contribution < 1.29 is 14.3 Å². The van der Waals surface area contributed by atoms with Gasteiger partial charge in [-0.1, -0.05) is 12.8 Å². The van der Waals surface area contributed by atoms with Crippen LogP contribution in [0.4, 0.5) is 0 Å². The van der Waals surface area contributed by atoms with Gasteiger partial charge in [0.1, 0.15) is 0 Å². The number of piperidine rings is 1. The molecule has 0 radical (unpaired) electrons. The number of carbonyl (C=O) groups excluding carboxylic acids is 2. The van der Waals surface area contributed by atoms with Gasteiger partial charge in [0.05, 0.1) is 25.2 Å². The minimum absolute atomic E-state index is 0. The molecule has 1 aliphatic carbocycles. The maximum absolute atomic E-state index is 12.9. The average Bonchev–Trinajstić information content (AvgIpc) is 3.26. The molecule has 0 aromatic carbocycles. The molecule has 0 aromatic rings. The Morgan fingerprint density at radius 2 is 1.68 bits per heavy atom. The Bertz CT molecular complexity index is 623. The zero-order valence-corrected chi connectivity index (χ0v) is 21.7. The second-order valence-corrected chi connectivity index (χ2v) is 9.06. The quantitative estimate of drug-likeness (QED) is 0.322. The van der Waals surface area contributed by atoms with Gasteiger partial charge in [-0.15, -0.1) is 24.0 Å². The van der Waals surface area contributed by atoms with Gasteiger partial charge in [0.2, 0.25) is 11.8 Å². The van der Waals surface area contributed by atoms with E-state index in [1.54, 1.807) is 4.90 Å². The summed E-state index contributed by atoms with van der Waals surface area (Å²) in [5.41, 5.74) is -0.352. The third-order valence-corrected chi connectivity index (χ3v) is 6.75. The SMILES string of the molecule is CCNC(=NCC1(C(=O)N(C)C)CCCC1)N1CCC(C(=O)N2CCOCC2)CC1.I. The predicted octanol–water partition coefficient (Wildman–Crippen LogP) is 1.79. The second-order valence-electron chi connectivity index (χ2n) is 9.06. The lowest BCUT2D eigenvalue weighted by molar-refractivity contribution is -0.141. The molecule has 0 aromatic heterocycles. The van der Waals surface area contributed by atoms with E-state index in [2.05, 4.69) is 17.1 Å². The van der Waals surface area contributed by atoms with Gasteiger partial charge in [0.25, 0.3) is 0 Å². The Kier molecular flexibility index (Phi) is 10.3. The molecule has 1 saturated carbocycles. The topological polar surface area (TPSA) is 77.5 Å². The number of nitrogens with one attached hydrogen (secondary N) is 1. The van der Waals surface area contributed by atoms with Crippen LogP contribution in [0.25, 0.3) is 0 Å². The van der Waals surface area contributed by atoms with Crippen LogP contribution in [0.3, 0.4) is 0 Å². The Morgan fingerprint density at radius 3 is 2.23 bits per heavy atom. The summed E-state index contributed by atoms with van der Waals surface area (Å²) in [4.78, 5) is 36.5. The van der Waals surface area contributed by atoms with Crippen LogP contribution < -0.4 is 5.32 Å². The fourth-order valence-electron chi connectivity index (χ4n) is 5.00. The molecule has 0 unspecified atom stereocenters. The van der Waals surface area contributed by atoms with E-state index in [1.807, 2.05) is 19.0 Å². The van der Waals surface area contributed by atoms with E-state index >= 15 is 0 Å². The first-order chi connectivity index (χ1) is 14.5. The number of guanidine groups is 1. The average molecular weight is 549 g/mol. The number of nitrogens with zero attached hydrogens (tertiary/aromatic N) is 4. The van der Waals surface area contributed by atoms with Crippen molar-refractivity contribution >= 4 is 41.8 Å². The minimum Gasteiger partial charge on any atom is -0.378 e. The van der Waals surface area contributed by atoms with Gasteiger partial charge in [0.15, 0.2) is 5.96 Å². The smallest absolute Gasteiger partial charge is 0.230 e. The highest BCUT2D eigenvalue weighted by Crippen LogP contribution is 2.39. The lowest BCUT2D eigenvalue weighted by atomic mass is 9.84. The van der Waals surface area contributed by atoms with Crippen LogP contribution in [0.15, 0.2) is 4.99 Å². The fourth-order valence-corrected chi connectivity index (χ4v) is 5.00. The molecule has 8 nitrogen and oxygen atoms in total. The van der Waals surface area contributed by atoms with Crippen molar-refractivity contribution in [1.82, 2.24) is 20.0 Å². The molecule has 0 spiro atoms. The summed E-state index contributed by atoms with van der Waals surface area (Å²) < 4.78 is 5.37. The van der Waals surface area contributed by atoms with Gasteiger partial charge in [-0.3, -0.25) is 14.6 Å². The fraction of sp³-hybridized carbons (Fsp3) is 0.864. The molecule has 178 valence electrons. The van der Waals surface area contributed by atoms with Crippen LogP contribution in [-0.2, 0) is 14.3 Å². The van der Waals surface area contributed by atoms with Gasteiger partial charge < -0.3 is 24.8 Å². The molecule has 0 atom stereocenters. The lowest BCUT2D eigenvalue weighted by Crippen LogP contribution is -2.50. The third-order valence-electron chi connectivity index (χ3n) is 6.75. The standard InChI is InChI=1S/C22H39N5O3.HI/c1-4-23-21(24-17-22(9-5-6-10-22)20(29)25(2)3)27-11-7-18(8-12-27)19(28)26-13-15-30-16-14-26;/h18H,4-17H2,1-3H3,(H,23,24);1H. The minimum atomic E-state index is -0.352. The van der Waals surface area contributed by atoms with Gasteiger partial charge in [-0.2, -0.15) is 0 Å². The lowest BCUT2D eigenvalue weighted by Gasteiger charge is -2.37. The van der Waals surface area contributed by atoms with Crippen molar-refractivity contribution in [3.63, 3.8) is 0 Å². The molecule has 2 saturated heterocycles. The normalized spacial score (nSPS) is 22.1. The van der Waals surface area contributed by atoms with Crippen molar-refractivity contribution in [3.05, 3.63) is 0 Å². The highest BCUT2D eigenvalue weighted by molar-refractivity contribution is 14.0. The Morgan fingerprint density at radius 1 is 1.06 bits per heavy atom. The number of amides is 2. The number of hydrogen-bond donors (Lipinski definition) is 1. The summed E-state index contributed by atoms with van der Waals surface area (Å²) in [7, 11) is 3.68. The maximum Gasteiger partial charge on any atom is 0.230 e. The molecular formula is C22H40IN5O3. The second kappa shape index (κ2) is 12.2. The van der Waals surface area contributed by atoms with Crippen LogP contribution in [0.1, 0.15) is 45.4 Å². The van der Waals surface area contributed by atoms with Gasteiger partial charge >= 0.3 is 0 Å². The van der Waals surface area contributed by atoms with E-state index in [0.717, 1.165) is 64.1 Å². The van der Waals surface area contributed by atoms with Crippen molar-refractivity contribution in [2.75, 3.05) is 66.6 Å². The number of aliphatic imine (C=N–C) groups is 1. The van der Waals surface area contributed by atoms with Gasteiger partial charge in [0, 0.05) is 52.7 Å². The van der Waals surface area contributed by atoms with E-state index in [4.69, 9.17) is 9.73 Å². The number of rotatable bonds is 5. The van der Waals surface area contributed by atoms with E-state index in [9.17, 15) is 9.59 Å². The Labute approximate surface area is 204 Å². The molecule has 2 aliphatic heterocycles. The number of likely N-dealkylation sites (tertiary alicyclic amines) is 1. The van der Waals surface area contributed by atoms with Gasteiger partial charge in [-0.25, -0.2) is 0 Å². The van der Waals surface area contributed by atoms with Crippen LogP contribution in [0, 0.1) is 11.3 Å². The number of hydrogen-bond acceptors (Lipinski definition) is 4. The molecule has 3 aliphatic rings. The van der Waals surface area contributed by atoms with Crippen LogP contribution in [0.2, 0.25) is 0 Å². The summed E-state index contributed by atoms with van der Waals surface area (Å²) in [6, 6.07) is 0. The van der Waals surface area contributed by atoms with Crippen LogP contribution >= 0.6 is 24.0 Å². The van der Waals surface area contributed by atoms with E-state index in [0.29, 0.717) is 32.8 Å². The van der Waals surface area contributed by atoms with Gasteiger partial charge in [-0.05, 0) is 32.6 Å². The van der Waals surface area contributed by atoms with Crippen molar-refractivity contribution in [3.8, 4) is 0 Å². The maximum atomic E-state index is 12.9. The number of carbonyl (C=O) groups is 2. The predicted molar refractivity (Wildman–Crippen MR) is 133 cm³/mol.